The number of benzene rings is 2. The molecule has 4 amide bonds. The van der Waals surface area contributed by atoms with Crippen LogP contribution in [0.25, 0.3) is 0 Å². The molecule has 2 aromatic rings. The number of likely N-dealkylation sites (tertiary alicyclic amines) is 1. The predicted octanol–water partition coefficient (Wildman–Crippen LogP) is 1.19. The highest BCUT2D eigenvalue weighted by Gasteiger charge is 2.70. The van der Waals surface area contributed by atoms with E-state index in [1.807, 2.05) is 31.2 Å². The number of carbonyl (C=O) groups excluding carboxylic acids is 4. The highest BCUT2D eigenvalue weighted by Crippen LogP contribution is 2.54. The van der Waals surface area contributed by atoms with Crippen LogP contribution in [0.4, 0.5) is 5.69 Å². The van der Waals surface area contributed by atoms with Gasteiger partial charge in [0.2, 0.25) is 23.6 Å². The molecule has 34 heavy (non-hydrogen) atoms. The molecule has 2 saturated heterocycles. The summed E-state index contributed by atoms with van der Waals surface area (Å²) in [6, 6.07) is 12.1. The van der Waals surface area contributed by atoms with Crippen molar-refractivity contribution >= 4 is 29.3 Å². The highest BCUT2D eigenvalue weighted by molar-refractivity contribution is 6.15. The van der Waals surface area contributed by atoms with Gasteiger partial charge in [-0.1, -0.05) is 36.4 Å². The van der Waals surface area contributed by atoms with Crippen LogP contribution < -0.4 is 21.1 Å². The van der Waals surface area contributed by atoms with Crippen LogP contribution in [-0.4, -0.2) is 41.7 Å². The number of imide groups is 1. The van der Waals surface area contributed by atoms with Gasteiger partial charge in [-0.05, 0) is 25.0 Å². The van der Waals surface area contributed by atoms with Crippen molar-refractivity contribution in [2.24, 2.45) is 17.6 Å². The number of nitrogens with two attached hydrogens (primary N) is 1. The second kappa shape index (κ2) is 7.95. The molecule has 3 aliphatic rings. The van der Waals surface area contributed by atoms with Crippen molar-refractivity contribution in [1.29, 1.82) is 0 Å². The van der Waals surface area contributed by atoms with E-state index in [-0.39, 0.29) is 31.2 Å². The third-order valence-electron chi connectivity index (χ3n) is 7.27. The van der Waals surface area contributed by atoms with Gasteiger partial charge in [0.05, 0.1) is 25.5 Å². The smallest absolute Gasteiger partial charge is 0.250 e. The second-order valence-corrected chi connectivity index (χ2v) is 9.09. The number of nitrogens with zero attached hydrogens (tertiary/aromatic N) is 1. The third kappa shape index (κ3) is 3.03. The summed E-state index contributed by atoms with van der Waals surface area (Å²) in [5, 5.41) is 6.23. The van der Waals surface area contributed by atoms with E-state index in [1.54, 1.807) is 18.2 Å². The molecule has 3 aliphatic heterocycles. The quantitative estimate of drug-likeness (QED) is 0.553. The van der Waals surface area contributed by atoms with Crippen LogP contribution in [0, 0.1) is 18.8 Å². The minimum absolute atomic E-state index is 0.0350. The van der Waals surface area contributed by atoms with Crippen LogP contribution in [0.15, 0.2) is 42.5 Å². The lowest BCUT2D eigenvalue weighted by Gasteiger charge is -2.29. The summed E-state index contributed by atoms with van der Waals surface area (Å²) < 4.78 is 5.40. The maximum absolute atomic E-state index is 13.8. The number of hydrogen-bond acceptors (Lipinski definition) is 6. The number of para-hydroxylation sites is 2. The van der Waals surface area contributed by atoms with Crippen molar-refractivity contribution in [3.8, 4) is 5.75 Å². The monoisotopic (exact) mass is 462 g/mol. The van der Waals surface area contributed by atoms with Gasteiger partial charge in [0.25, 0.3) is 0 Å². The number of carbonyl (C=O) groups is 4. The molecule has 5 rings (SSSR count). The van der Waals surface area contributed by atoms with E-state index in [2.05, 4.69) is 10.6 Å². The number of primary amides is 1. The Morgan fingerprint density at radius 2 is 1.88 bits per heavy atom. The lowest BCUT2D eigenvalue weighted by Crippen LogP contribution is -2.53. The molecule has 4 N–H and O–H groups in total. The van der Waals surface area contributed by atoms with Gasteiger partial charge >= 0.3 is 0 Å². The average molecular weight is 463 g/mol. The van der Waals surface area contributed by atoms with E-state index in [0.29, 0.717) is 22.6 Å². The number of aryl methyl sites for hydroxylation is 1. The number of fused-ring (bicyclic) bond motifs is 4. The molecule has 0 aliphatic carbocycles. The van der Waals surface area contributed by atoms with Crippen LogP contribution in [0.3, 0.4) is 0 Å². The Bertz CT molecular complexity index is 1230. The van der Waals surface area contributed by atoms with E-state index in [1.165, 1.54) is 12.0 Å². The first-order valence-electron chi connectivity index (χ1n) is 11.2. The molecule has 4 atom stereocenters. The van der Waals surface area contributed by atoms with E-state index < -0.39 is 35.2 Å². The Morgan fingerprint density at radius 3 is 2.62 bits per heavy atom. The number of rotatable bonds is 6. The summed E-state index contributed by atoms with van der Waals surface area (Å²) in [5.74, 6) is -2.82. The molecule has 9 heteroatoms. The van der Waals surface area contributed by atoms with Gasteiger partial charge in [0.15, 0.2) is 0 Å². The standard InChI is InChI=1S/C25H26N4O5/c1-13-6-5-8-15-21(13)27-24(33)25(15)20-19(16(28-25)10-11-18(26)30)22(31)29(23(20)32)12-14-7-3-4-9-17(14)34-2/h3-9,16,19-20,28H,10-12H2,1-2H3,(H2,26,30)(H,27,33)/t16-,19+,20-,25+/m0/s1. The van der Waals surface area contributed by atoms with Gasteiger partial charge in [-0.2, -0.15) is 0 Å². The summed E-state index contributed by atoms with van der Waals surface area (Å²) in [6.45, 7) is 1.92. The van der Waals surface area contributed by atoms with Gasteiger partial charge < -0.3 is 15.8 Å². The van der Waals surface area contributed by atoms with Crippen molar-refractivity contribution in [2.45, 2.75) is 37.9 Å². The van der Waals surface area contributed by atoms with Gasteiger partial charge in [0, 0.05) is 29.3 Å². The zero-order valence-corrected chi connectivity index (χ0v) is 19.0. The molecular weight excluding hydrogens is 436 g/mol. The first kappa shape index (κ1) is 22.1. The van der Waals surface area contributed by atoms with Gasteiger partial charge in [-0.3, -0.25) is 29.4 Å². The SMILES string of the molecule is COc1ccccc1CN1C(=O)[C@@H]2[C@H](CCC(N)=O)N[C@@]3(C(=O)Nc4c(C)cccc43)[C@@H]2C1=O. The van der Waals surface area contributed by atoms with Crippen LogP contribution in [-0.2, 0) is 31.3 Å². The number of hydrogen-bond donors (Lipinski definition) is 3. The molecule has 2 aromatic carbocycles. The fourth-order valence-corrected chi connectivity index (χ4v) is 5.74. The molecular formula is C25H26N4O5. The Labute approximate surface area is 196 Å². The van der Waals surface area contributed by atoms with E-state index in [4.69, 9.17) is 10.5 Å². The highest BCUT2D eigenvalue weighted by atomic mass is 16.5. The Hall–Kier alpha value is -3.72. The molecule has 2 fully saturated rings. The van der Waals surface area contributed by atoms with Gasteiger partial charge in [-0.25, -0.2) is 0 Å². The van der Waals surface area contributed by atoms with Gasteiger partial charge in [0.1, 0.15) is 11.3 Å². The molecule has 0 aromatic heterocycles. The minimum atomic E-state index is -1.39. The summed E-state index contributed by atoms with van der Waals surface area (Å²) in [6.07, 6.45) is 0.279. The second-order valence-electron chi connectivity index (χ2n) is 9.09. The molecule has 1 spiro atoms. The topological polar surface area (TPSA) is 131 Å². The zero-order valence-electron chi connectivity index (χ0n) is 19.0. The Kier molecular flexibility index (Phi) is 5.16. The summed E-state index contributed by atoms with van der Waals surface area (Å²) in [5.41, 5.74) is 6.84. The lowest BCUT2D eigenvalue weighted by atomic mass is 9.76. The van der Waals surface area contributed by atoms with E-state index in [0.717, 1.165) is 5.56 Å². The lowest BCUT2D eigenvalue weighted by molar-refractivity contribution is -0.143. The number of ether oxygens (including phenoxy) is 1. The number of amides is 4. The molecule has 0 bridgehead atoms. The van der Waals surface area contributed by atoms with Crippen molar-refractivity contribution in [1.82, 2.24) is 10.2 Å². The number of methoxy groups -OCH3 is 1. The van der Waals surface area contributed by atoms with Crippen molar-refractivity contribution < 1.29 is 23.9 Å². The molecule has 176 valence electrons. The summed E-state index contributed by atoms with van der Waals surface area (Å²) in [7, 11) is 1.53. The largest absolute Gasteiger partial charge is 0.496 e. The van der Waals surface area contributed by atoms with Crippen molar-refractivity contribution in [3.05, 3.63) is 59.2 Å². The first-order chi connectivity index (χ1) is 16.3. The maximum Gasteiger partial charge on any atom is 0.250 e. The van der Waals surface area contributed by atoms with Crippen molar-refractivity contribution in [2.75, 3.05) is 12.4 Å². The van der Waals surface area contributed by atoms with Crippen molar-refractivity contribution in [3.63, 3.8) is 0 Å². The van der Waals surface area contributed by atoms with Crippen LogP contribution in [0.2, 0.25) is 0 Å². The predicted molar refractivity (Wildman–Crippen MR) is 122 cm³/mol. The summed E-state index contributed by atoms with van der Waals surface area (Å²) >= 11 is 0. The average Bonchev–Trinajstić information content (AvgIpc) is 3.40. The normalized spacial score (nSPS) is 27.2. The number of anilines is 1. The molecule has 0 saturated carbocycles. The summed E-state index contributed by atoms with van der Waals surface area (Å²) in [4.78, 5) is 53.7. The van der Waals surface area contributed by atoms with E-state index in [9.17, 15) is 19.2 Å². The molecule has 9 nitrogen and oxygen atoms in total. The molecule has 0 radical (unpaired) electrons. The third-order valence-corrected chi connectivity index (χ3v) is 7.27. The first-order valence-corrected chi connectivity index (χ1v) is 11.2. The molecule has 0 unspecified atom stereocenters. The fourth-order valence-electron chi connectivity index (χ4n) is 5.74. The van der Waals surface area contributed by atoms with Crippen LogP contribution >= 0.6 is 0 Å². The maximum atomic E-state index is 13.8. The molecule has 3 heterocycles. The van der Waals surface area contributed by atoms with Crippen LogP contribution in [0.1, 0.15) is 29.5 Å². The Balaban J connectivity index is 1.59. The van der Waals surface area contributed by atoms with Gasteiger partial charge in [-0.15, -0.1) is 0 Å². The fraction of sp³-hybridized carbons (Fsp3) is 0.360. The van der Waals surface area contributed by atoms with Crippen LogP contribution in [0.5, 0.6) is 5.75 Å². The number of nitrogens with one attached hydrogen (secondary N) is 2. The zero-order chi connectivity index (χ0) is 24.2. The minimum Gasteiger partial charge on any atom is -0.496 e. The van der Waals surface area contributed by atoms with E-state index >= 15 is 0 Å². The Morgan fingerprint density at radius 1 is 1.12 bits per heavy atom.